The second kappa shape index (κ2) is 4.92. The number of carbonyl (C=O) groups is 1. The smallest absolute Gasteiger partial charge is 0.255 e. The van der Waals surface area contributed by atoms with Gasteiger partial charge in [0.15, 0.2) is 11.6 Å². The Morgan fingerprint density at radius 1 is 1.41 bits per heavy atom. The highest BCUT2D eigenvalue weighted by Crippen LogP contribution is 2.32. The van der Waals surface area contributed by atoms with E-state index in [1.54, 1.807) is 4.90 Å². The summed E-state index contributed by atoms with van der Waals surface area (Å²) in [5.74, 6) is -0.794. The molecule has 0 atom stereocenters. The lowest BCUT2D eigenvalue weighted by Gasteiger charge is -2.17. The molecule has 17 heavy (non-hydrogen) atoms. The quantitative estimate of drug-likeness (QED) is 0.815. The molecule has 0 saturated carbocycles. The molecule has 0 spiro atoms. The van der Waals surface area contributed by atoms with Gasteiger partial charge in [0.25, 0.3) is 5.91 Å². The van der Waals surface area contributed by atoms with Crippen LogP contribution in [0.15, 0.2) is 12.1 Å². The number of likely N-dealkylation sites (tertiary alicyclic amines) is 1. The molecular formula is C12H13ClFNO2. The summed E-state index contributed by atoms with van der Waals surface area (Å²) < 4.78 is 18.2. The second-order valence-corrected chi connectivity index (χ2v) is 4.32. The third-order valence-corrected chi connectivity index (χ3v) is 3.25. The van der Waals surface area contributed by atoms with Crippen molar-refractivity contribution >= 4 is 17.5 Å². The van der Waals surface area contributed by atoms with Gasteiger partial charge in [-0.25, -0.2) is 4.39 Å². The number of carbonyl (C=O) groups excluding carboxylic acids is 1. The first-order valence-electron chi connectivity index (χ1n) is 5.46. The van der Waals surface area contributed by atoms with Gasteiger partial charge in [-0.2, -0.15) is 0 Å². The number of ether oxygens (including phenoxy) is 1. The van der Waals surface area contributed by atoms with E-state index in [0.29, 0.717) is 5.56 Å². The highest BCUT2D eigenvalue weighted by atomic mass is 35.5. The number of rotatable bonds is 2. The zero-order valence-electron chi connectivity index (χ0n) is 9.50. The average Bonchev–Trinajstić information content (AvgIpc) is 2.82. The lowest BCUT2D eigenvalue weighted by atomic mass is 10.2. The summed E-state index contributed by atoms with van der Waals surface area (Å²) in [5.41, 5.74) is 0.298. The summed E-state index contributed by atoms with van der Waals surface area (Å²) in [7, 11) is 1.33. The molecule has 0 aliphatic carbocycles. The Kier molecular flexibility index (Phi) is 3.52. The number of nitrogens with zero attached hydrogens (tertiary/aromatic N) is 1. The zero-order valence-corrected chi connectivity index (χ0v) is 10.3. The van der Waals surface area contributed by atoms with Gasteiger partial charge in [0.05, 0.1) is 17.7 Å². The molecule has 0 N–H and O–H groups in total. The van der Waals surface area contributed by atoms with Gasteiger partial charge in [-0.1, -0.05) is 11.6 Å². The lowest BCUT2D eigenvalue weighted by Crippen LogP contribution is -2.27. The predicted octanol–water partition coefficient (Wildman–Crippen LogP) is 2.72. The predicted molar refractivity (Wildman–Crippen MR) is 63.1 cm³/mol. The van der Waals surface area contributed by atoms with E-state index < -0.39 is 5.82 Å². The standard InChI is InChI=1S/C12H13ClFNO2/c1-17-11-9(14)5-4-8(10(11)13)12(16)15-6-2-3-7-15/h4-5H,2-3,6-7H2,1H3. The van der Waals surface area contributed by atoms with Gasteiger partial charge in [0.2, 0.25) is 0 Å². The Hall–Kier alpha value is -1.29. The van der Waals surface area contributed by atoms with Crippen LogP contribution in [0.3, 0.4) is 0 Å². The number of hydrogen-bond acceptors (Lipinski definition) is 2. The molecule has 1 aromatic carbocycles. The van der Waals surface area contributed by atoms with Crippen molar-refractivity contribution in [2.24, 2.45) is 0 Å². The molecule has 92 valence electrons. The Morgan fingerprint density at radius 2 is 2.06 bits per heavy atom. The molecule has 2 rings (SSSR count). The summed E-state index contributed by atoms with van der Waals surface area (Å²) in [4.78, 5) is 13.8. The first-order chi connectivity index (χ1) is 8.15. The summed E-state index contributed by atoms with van der Waals surface area (Å²) in [6.45, 7) is 1.46. The van der Waals surface area contributed by atoms with Crippen LogP contribution in [0.5, 0.6) is 5.75 Å². The van der Waals surface area contributed by atoms with E-state index in [1.807, 2.05) is 0 Å². The maximum Gasteiger partial charge on any atom is 0.255 e. The summed E-state index contributed by atoms with van der Waals surface area (Å²) >= 11 is 5.97. The second-order valence-electron chi connectivity index (χ2n) is 3.94. The first kappa shape index (κ1) is 12.2. The van der Waals surface area contributed by atoms with Crippen LogP contribution >= 0.6 is 11.6 Å². The fourth-order valence-electron chi connectivity index (χ4n) is 1.98. The number of benzene rings is 1. The zero-order chi connectivity index (χ0) is 12.4. The van der Waals surface area contributed by atoms with E-state index in [-0.39, 0.29) is 16.7 Å². The molecule has 1 aromatic rings. The molecule has 0 bridgehead atoms. The summed E-state index contributed by atoms with van der Waals surface area (Å²) in [6.07, 6.45) is 2.00. The van der Waals surface area contributed by atoms with Crippen molar-refractivity contribution in [1.82, 2.24) is 4.90 Å². The van der Waals surface area contributed by atoms with Gasteiger partial charge in [-0.05, 0) is 25.0 Å². The maximum absolute atomic E-state index is 13.3. The molecule has 1 amide bonds. The van der Waals surface area contributed by atoms with Gasteiger partial charge < -0.3 is 9.64 Å². The van der Waals surface area contributed by atoms with Crippen molar-refractivity contribution in [1.29, 1.82) is 0 Å². The molecule has 5 heteroatoms. The minimum atomic E-state index is -0.560. The molecule has 1 fully saturated rings. The molecule has 1 saturated heterocycles. The van der Waals surface area contributed by atoms with E-state index in [2.05, 4.69) is 0 Å². The van der Waals surface area contributed by atoms with Crippen molar-refractivity contribution in [2.75, 3.05) is 20.2 Å². The van der Waals surface area contributed by atoms with Gasteiger partial charge in [0.1, 0.15) is 0 Å². The van der Waals surface area contributed by atoms with Crippen LogP contribution in [-0.2, 0) is 0 Å². The Bertz CT molecular complexity index is 444. The number of methoxy groups -OCH3 is 1. The van der Waals surface area contributed by atoms with Crippen molar-refractivity contribution in [3.63, 3.8) is 0 Å². The van der Waals surface area contributed by atoms with E-state index in [9.17, 15) is 9.18 Å². The highest BCUT2D eigenvalue weighted by molar-refractivity contribution is 6.35. The number of amides is 1. The van der Waals surface area contributed by atoms with E-state index >= 15 is 0 Å². The van der Waals surface area contributed by atoms with Crippen molar-refractivity contribution < 1.29 is 13.9 Å². The molecule has 3 nitrogen and oxygen atoms in total. The first-order valence-corrected chi connectivity index (χ1v) is 5.84. The van der Waals surface area contributed by atoms with Crippen LogP contribution in [0.25, 0.3) is 0 Å². The third-order valence-electron chi connectivity index (χ3n) is 2.88. The Labute approximate surface area is 104 Å². The Balaban J connectivity index is 2.35. The SMILES string of the molecule is COc1c(F)ccc(C(=O)N2CCCC2)c1Cl. The minimum absolute atomic E-state index is 0.0457. The molecule has 0 aromatic heterocycles. The van der Waals surface area contributed by atoms with Crippen LogP contribution in [0, 0.1) is 5.82 Å². The normalized spacial score (nSPS) is 15.1. The van der Waals surface area contributed by atoms with Gasteiger partial charge >= 0.3 is 0 Å². The van der Waals surface area contributed by atoms with Crippen LogP contribution in [0.4, 0.5) is 4.39 Å². The molecule has 1 aliphatic heterocycles. The fourth-order valence-corrected chi connectivity index (χ4v) is 2.29. The van der Waals surface area contributed by atoms with Crippen LogP contribution in [0.2, 0.25) is 5.02 Å². The lowest BCUT2D eigenvalue weighted by molar-refractivity contribution is 0.0792. The number of halogens is 2. The van der Waals surface area contributed by atoms with E-state index in [0.717, 1.165) is 25.9 Å². The van der Waals surface area contributed by atoms with Gasteiger partial charge in [-0.3, -0.25) is 4.79 Å². The van der Waals surface area contributed by atoms with Crippen molar-refractivity contribution in [3.8, 4) is 5.75 Å². The highest BCUT2D eigenvalue weighted by Gasteiger charge is 2.24. The minimum Gasteiger partial charge on any atom is -0.492 e. The fraction of sp³-hybridized carbons (Fsp3) is 0.417. The largest absolute Gasteiger partial charge is 0.492 e. The van der Waals surface area contributed by atoms with Crippen LogP contribution < -0.4 is 4.74 Å². The monoisotopic (exact) mass is 257 g/mol. The number of hydrogen-bond donors (Lipinski definition) is 0. The third kappa shape index (κ3) is 2.22. The molecular weight excluding hydrogens is 245 g/mol. The summed E-state index contributed by atoms with van der Waals surface area (Å²) in [5, 5.41) is 0.0457. The molecule has 1 aliphatic rings. The van der Waals surface area contributed by atoms with Crippen LogP contribution in [0.1, 0.15) is 23.2 Å². The molecule has 0 unspecified atom stereocenters. The van der Waals surface area contributed by atoms with Crippen molar-refractivity contribution in [3.05, 3.63) is 28.5 Å². The van der Waals surface area contributed by atoms with Crippen LogP contribution in [-0.4, -0.2) is 31.0 Å². The van der Waals surface area contributed by atoms with Gasteiger partial charge in [-0.15, -0.1) is 0 Å². The average molecular weight is 258 g/mol. The molecule has 0 radical (unpaired) electrons. The van der Waals surface area contributed by atoms with E-state index in [4.69, 9.17) is 16.3 Å². The summed E-state index contributed by atoms with van der Waals surface area (Å²) in [6, 6.07) is 2.61. The maximum atomic E-state index is 13.3. The topological polar surface area (TPSA) is 29.5 Å². The Morgan fingerprint density at radius 3 is 2.65 bits per heavy atom. The molecule has 1 heterocycles. The van der Waals surface area contributed by atoms with Crippen molar-refractivity contribution in [2.45, 2.75) is 12.8 Å². The van der Waals surface area contributed by atoms with E-state index in [1.165, 1.54) is 19.2 Å². The van der Waals surface area contributed by atoms with Gasteiger partial charge in [0, 0.05) is 13.1 Å².